The van der Waals surface area contributed by atoms with Gasteiger partial charge < -0.3 is 10.6 Å². The van der Waals surface area contributed by atoms with Crippen LogP contribution in [0.5, 0.6) is 0 Å². The molecule has 20 heavy (non-hydrogen) atoms. The highest BCUT2D eigenvalue weighted by Gasteiger charge is 2.06. The molecule has 0 saturated heterocycles. The lowest BCUT2D eigenvalue weighted by molar-refractivity contribution is 0.251. The highest BCUT2D eigenvalue weighted by molar-refractivity contribution is 6.31. The molecule has 1 heterocycles. The third kappa shape index (κ3) is 3.71. The van der Waals surface area contributed by atoms with Gasteiger partial charge in [-0.1, -0.05) is 23.7 Å². The van der Waals surface area contributed by atoms with E-state index in [0.29, 0.717) is 17.3 Å². The van der Waals surface area contributed by atoms with Crippen molar-refractivity contribution in [3.63, 3.8) is 0 Å². The Morgan fingerprint density at radius 2 is 1.95 bits per heavy atom. The fourth-order valence-corrected chi connectivity index (χ4v) is 1.95. The van der Waals surface area contributed by atoms with Crippen molar-refractivity contribution in [2.24, 2.45) is 0 Å². The number of urea groups is 1. The van der Waals surface area contributed by atoms with E-state index in [1.54, 1.807) is 12.1 Å². The Morgan fingerprint density at radius 1 is 1.20 bits per heavy atom. The molecule has 1 aromatic heterocycles. The standard InChI is InChI=1S/C15H16ClN3O/c1-10-5-3-6-12(18-10)9-17-15(20)19-14-8-4-7-13(16)11(14)2/h3-8H,9H2,1-2H3,(H2,17,19,20). The fraction of sp³-hybridized carbons (Fsp3) is 0.200. The molecule has 0 aliphatic rings. The highest BCUT2D eigenvalue weighted by atomic mass is 35.5. The molecule has 104 valence electrons. The van der Waals surface area contributed by atoms with Gasteiger partial charge in [-0.3, -0.25) is 4.98 Å². The summed E-state index contributed by atoms with van der Waals surface area (Å²) in [5.74, 6) is 0. The van der Waals surface area contributed by atoms with Gasteiger partial charge in [0.15, 0.2) is 0 Å². The summed E-state index contributed by atoms with van der Waals surface area (Å²) in [5.41, 5.74) is 3.29. The minimum Gasteiger partial charge on any atom is -0.332 e. The number of hydrogen-bond acceptors (Lipinski definition) is 2. The maximum atomic E-state index is 11.8. The molecule has 2 N–H and O–H groups in total. The van der Waals surface area contributed by atoms with Gasteiger partial charge in [-0.25, -0.2) is 4.79 Å². The SMILES string of the molecule is Cc1cccc(CNC(=O)Nc2cccc(Cl)c2C)n1. The molecule has 0 atom stereocenters. The van der Waals surface area contributed by atoms with Crippen LogP contribution in [0, 0.1) is 13.8 Å². The molecular formula is C15H16ClN3O. The Labute approximate surface area is 123 Å². The third-order valence-electron chi connectivity index (χ3n) is 2.89. The first-order valence-corrected chi connectivity index (χ1v) is 6.66. The van der Waals surface area contributed by atoms with Gasteiger partial charge in [0.25, 0.3) is 0 Å². The molecule has 0 bridgehead atoms. The predicted octanol–water partition coefficient (Wildman–Crippen LogP) is 3.67. The zero-order chi connectivity index (χ0) is 14.5. The van der Waals surface area contributed by atoms with Crippen LogP contribution in [0.4, 0.5) is 10.5 Å². The van der Waals surface area contributed by atoms with Crippen molar-refractivity contribution in [3.05, 3.63) is 58.4 Å². The number of hydrogen-bond donors (Lipinski definition) is 2. The minimum absolute atomic E-state index is 0.279. The Hall–Kier alpha value is -2.07. The Balaban J connectivity index is 1.94. The fourth-order valence-electron chi connectivity index (χ4n) is 1.78. The molecule has 1 aromatic carbocycles. The summed E-state index contributed by atoms with van der Waals surface area (Å²) >= 11 is 6.01. The first kappa shape index (κ1) is 14.3. The van der Waals surface area contributed by atoms with E-state index < -0.39 is 0 Å². The van der Waals surface area contributed by atoms with Gasteiger partial charge in [0.2, 0.25) is 0 Å². The number of nitrogens with zero attached hydrogens (tertiary/aromatic N) is 1. The van der Waals surface area contributed by atoms with E-state index in [1.807, 2.05) is 38.1 Å². The Kier molecular flexibility index (Phi) is 4.58. The molecule has 0 saturated carbocycles. The number of halogens is 1. The number of anilines is 1. The lowest BCUT2D eigenvalue weighted by Crippen LogP contribution is -2.28. The van der Waals surface area contributed by atoms with Gasteiger partial charge in [-0.05, 0) is 43.7 Å². The molecule has 0 spiro atoms. The molecule has 4 nitrogen and oxygen atoms in total. The zero-order valence-corrected chi connectivity index (χ0v) is 12.2. The summed E-state index contributed by atoms with van der Waals surface area (Å²) in [5, 5.41) is 6.17. The summed E-state index contributed by atoms with van der Waals surface area (Å²) in [6.45, 7) is 4.16. The second kappa shape index (κ2) is 6.39. The van der Waals surface area contributed by atoms with Crippen molar-refractivity contribution in [3.8, 4) is 0 Å². The van der Waals surface area contributed by atoms with Crippen LogP contribution in [-0.2, 0) is 6.54 Å². The number of amides is 2. The van der Waals surface area contributed by atoms with Crippen LogP contribution < -0.4 is 10.6 Å². The van der Waals surface area contributed by atoms with Gasteiger partial charge in [0, 0.05) is 16.4 Å². The average Bonchev–Trinajstić information content (AvgIpc) is 2.42. The molecule has 2 rings (SSSR count). The van der Waals surface area contributed by atoms with Crippen LogP contribution in [0.3, 0.4) is 0 Å². The second-order valence-corrected chi connectivity index (χ2v) is 4.90. The number of aryl methyl sites for hydroxylation is 1. The van der Waals surface area contributed by atoms with Gasteiger partial charge in [-0.2, -0.15) is 0 Å². The van der Waals surface area contributed by atoms with Crippen molar-refractivity contribution in [1.82, 2.24) is 10.3 Å². The van der Waals surface area contributed by atoms with Gasteiger partial charge >= 0.3 is 6.03 Å². The summed E-state index contributed by atoms with van der Waals surface area (Å²) in [4.78, 5) is 16.2. The quantitative estimate of drug-likeness (QED) is 0.906. The Morgan fingerprint density at radius 3 is 2.70 bits per heavy atom. The first-order valence-electron chi connectivity index (χ1n) is 6.29. The number of pyridine rings is 1. The molecular weight excluding hydrogens is 274 g/mol. The third-order valence-corrected chi connectivity index (χ3v) is 3.30. The van der Waals surface area contributed by atoms with Crippen LogP contribution in [0.1, 0.15) is 17.0 Å². The normalized spacial score (nSPS) is 10.2. The van der Waals surface area contributed by atoms with Gasteiger partial charge in [0.05, 0.1) is 12.2 Å². The van der Waals surface area contributed by atoms with E-state index in [-0.39, 0.29) is 6.03 Å². The van der Waals surface area contributed by atoms with Gasteiger partial charge in [0.1, 0.15) is 0 Å². The van der Waals surface area contributed by atoms with E-state index in [2.05, 4.69) is 15.6 Å². The van der Waals surface area contributed by atoms with E-state index in [0.717, 1.165) is 17.0 Å². The molecule has 0 fully saturated rings. The lowest BCUT2D eigenvalue weighted by Gasteiger charge is -2.10. The Bertz CT molecular complexity index is 628. The summed E-state index contributed by atoms with van der Waals surface area (Å²) < 4.78 is 0. The summed E-state index contributed by atoms with van der Waals surface area (Å²) in [6.07, 6.45) is 0. The van der Waals surface area contributed by atoms with Crippen LogP contribution in [0.15, 0.2) is 36.4 Å². The molecule has 0 aliphatic carbocycles. The molecule has 2 aromatic rings. The molecule has 5 heteroatoms. The van der Waals surface area contributed by atoms with Crippen molar-refractivity contribution >= 4 is 23.3 Å². The highest BCUT2D eigenvalue weighted by Crippen LogP contribution is 2.22. The number of aromatic nitrogens is 1. The van der Waals surface area contributed by atoms with Gasteiger partial charge in [-0.15, -0.1) is 0 Å². The van der Waals surface area contributed by atoms with E-state index in [4.69, 9.17) is 11.6 Å². The van der Waals surface area contributed by atoms with Crippen LogP contribution in [0.25, 0.3) is 0 Å². The van der Waals surface area contributed by atoms with E-state index in [1.165, 1.54) is 0 Å². The number of carbonyl (C=O) groups excluding carboxylic acids is 1. The predicted molar refractivity (Wildman–Crippen MR) is 81.0 cm³/mol. The van der Waals surface area contributed by atoms with Crippen molar-refractivity contribution in [2.75, 3.05) is 5.32 Å². The monoisotopic (exact) mass is 289 g/mol. The number of benzene rings is 1. The van der Waals surface area contributed by atoms with Crippen molar-refractivity contribution in [1.29, 1.82) is 0 Å². The van der Waals surface area contributed by atoms with Crippen LogP contribution in [-0.4, -0.2) is 11.0 Å². The van der Waals surface area contributed by atoms with Crippen LogP contribution >= 0.6 is 11.6 Å². The number of carbonyl (C=O) groups is 1. The number of rotatable bonds is 3. The largest absolute Gasteiger partial charge is 0.332 e. The van der Waals surface area contributed by atoms with E-state index in [9.17, 15) is 4.79 Å². The zero-order valence-electron chi connectivity index (χ0n) is 11.4. The molecule has 0 radical (unpaired) electrons. The second-order valence-electron chi connectivity index (χ2n) is 4.49. The first-order chi connectivity index (χ1) is 9.56. The molecule has 0 aliphatic heterocycles. The summed E-state index contributed by atoms with van der Waals surface area (Å²) in [6, 6.07) is 10.8. The van der Waals surface area contributed by atoms with Crippen LogP contribution in [0.2, 0.25) is 5.02 Å². The average molecular weight is 290 g/mol. The minimum atomic E-state index is -0.279. The summed E-state index contributed by atoms with van der Waals surface area (Å²) in [7, 11) is 0. The van der Waals surface area contributed by atoms with E-state index >= 15 is 0 Å². The molecule has 2 amide bonds. The maximum absolute atomic E-state index is 11.8. The smallest absolute Gasteiger partial charge is 0.319 e. The lowest BCUT2D eigenvalue weighted by atomic mass is 10.2. The van der Waals surface area contributed by atoms with Crippen molar-refractivity contribution < 1.29 is 4.79 Å². The molecule has 0 unspecified atom stereocenters. The van der Waals surface area contributed by atoms with Crippen molar-refractivity contribution in [2.45, 2.75) is 20.4 Å². The maximum Gasteiger partial charge on any atom is 0.319 e. The number of nitrogens with one attached hydrogen (secondary N) is 2. The topological polar surface area (TPSA) is 54.0 Å².